The lowest BCUT2D eigenvalue weighted by Crippen LogP contribution is -2.65. The second-order valence-corrected chi connectivity index (χ2v) is 7.54. The molecular formula is C14H24BNO2. The van der Waals surface area contributed by atoms with Crippen molar-refractivity contribution in [3.05, 3.63) is 0 Å². The maximum absolute atomic E-state index is 6.44. The molecule has 0 radical (unpaired) electrons. The first-order chi connectivity index (χ1) is 8.52. The van der Waals surface area contributed by atoms with Crippen LogP contribution in [0.1, 0.15) is 46.5 Å². The molecule has 4 heteroatoms. The quantitative estimate of drug-likeness (QED) is 0.721. The Hall–Kier alpha value is -0.0551. The van der Waals surface area contributed by atoms with Crippen molar-refractivity contribution >= 4 is 7.12 Å². The lowest BCUT2D eigenvalue weighted by Gasteiger charge is -2.64. The maximum atomic E-state index is 6.44. The molecular weight excluding hydrogens is 225 g/mol. The molecule has 5 rings (SSSR count). The summed E-state index contributed by atoms with van der Waals surface area (Å²) in [5.74, 6) is 1.95. The Labute approximate surface area is 110 Å². The van der Waals surface area contributed by atoms with Gasteiger partial charge in [-0.05, 0) is 56.4 Å². The maximum Gasteiger partial charge on any atom is 0.475 e. The van der Waals surface area contributed by atoms with Gasteiger partial charge < -0.3 is 14.6 Å². The van der Waals surface area contributed by atoms with E-state index in [0.29, 0.717) is 23.4 Å². The highest BCUT2D eigenvalue weighted by molar-refractivity contribution is 6.47. The lowest BCUT2D eigenvalue weighted by molar-refractivity contribution is -0.199. The fraction of sp³-hybridized carbons (Fsp3) is 1.00. The van der Waals surface area contributed by atoms with Crippen molar-refractivity contribution in [2.75, 3.05) is 6.54 Å². The molecule has 0 aromatic carbocycles. The molecule has 1 N–H and O–H groups in total. The second kappa shape index (κ2) is 3.53. The molecule has 100 valence electrons. The molecule has 18 heavy (non-hydrogen) atoms. The van der Waals surface area contributed by atoms with Gasteiger partial charge in [0.05, 0.1) is 11.7 Å². The summed E-state index contributed by atoms with van der Waals surface area (Å²) in [6.45, 7) is 8.25. The summed E-state index contributed by atoms with van der Waals surface area (Å²) in [5.41, 5.74) is 0.416. The summed E-state index contributed by atoms with van der Waals surface area (Å²) >= 11 is 0. The molecule has 5 atom stereocenters. The third kappa shape index (κ3) is 1.32. The van der Waals surface area contributed by atoms with Crippen LogP contribution < -0.4 is 5.32 Å². The van der Waals surface area contributed by atoms with Crippen molar-refractivity contribution in [1.82, 2.24) is 5.32 Å². The highest BCUT2D eigenvalue weighted by atomic mass is 16.7. The zero-order valence-electron chi connectivity index (χ0n) is 11.7. The van der Waals surface area contributed by atoms with E-state index in [1.165, 1.54) is 25.7 Å². The van der Waals surface area contributed by atoms with Crippen LogP contribution in [0.5, 0.6) is 0 Å². The minimum Gasteiger partial charge on any atom is -0.404 e. The van der Waals surface area contributed by atoms with Gasteiger partial charge in [0.1, 0.15) is 0 Å². The minimum absolute atomic E-state index is 0.00218. The summed E-state index contributed by atoms with van der Waals surface area (Å²) in [6, 6.07) is 0. The largest absolute Gasteiger partial charge is 0.475 e. The Kier molecular flexibility index (Phi) is 2.30. The molecule has 2 bridgehead atoms. The van der Waals surface area contributed by atoms with Gasteiger partial charge in [0, 0.05) is 5.94 Å². The Morgan fingerprint density at radius 3 is 2.72 bits per heavy atom. The van der Waals surface area contributed by atoms with Crippen LogP contribution in [-0.2, 0) is 9.31 Å². The van der Waals surface area contributed by atoms with Crippen LogP contribution in [0.2, 0.25) is 0 Å². The minimum atomic E-state index is -0.0345. The summed E-state index contributed by atoms with van der Waals surface area (Å²) < 4.78 is 12.7. The van der Waals surface area contributed by atoms with Gasteiger partial charge in [-0.15, -0.1) is 0 Å². The molecule has 5 aliphatic rings. The summed E-state index contributed by atoms with van der Waals surface area (Å²) in [4.78, 5) is 0. The van der Waals surface area contributed by atoms with E-state index in [1.54, 1.807) is 0 Å². The molecule has 2 aliphatic heterocycles. The van der Waals surface area contributed by atoms with Crippen LogP contribution in [-0.4, -0.2) is 31.3 Å². The van der Waals surface area contributed by atoms with Crippen molar-refractivity contribution in [3.63, 3.8) is 0 Å². The zero-order valence-corrected chi connectivity index (χ0v) is 11.7. The fourth-order valence-electron chi connectivity index (χ4n) is 5.01. The standard InChI is InChI=1S/C14H24BNO2/c1-13(2)9-7-10(13)14(3)11(8-9)17-15(18-14)12-5-4-6-16-12/h9-12,16H,4-8H2,1-3H3/t9-,10-,11+,12-,14-/m0/s1. The van der Waals surface area contributed by atoms with E-state index in [4.69, 9.17) is 9.31 Å². The van der Waals surface area contributed by atoms with E-state index in [9.17, 15) is 0 Å². The van der Waals surface area contributed by atoms with Crippen molar-refractivity contribution in [2.45, 2.75) is 64.1 Å². The fourth-order valence-corrected chi connectivity index (χ4v) is 5.01. The van der Waals surface area contributed by atoms with Crippen molar-refractivity contribution < 1.29 is 9.31 Å². The molecule has 2 saturated heterocycles. The number of rotatable bonds is 1. The Morgan fingerprint density at radius 2 is 2.06 bits per heavy atom. The monoisotopic (exact) mass is 249 g/mol. The van der Waals surface area contributed by atoms with E-state index in [1.807, 2.05) is 0 Å². The average Bonchev–Trinajstić information content (AvgIpc) is 2.92. The molecule has 5 fully saturated rings. The molecule has 3 nitrogen and oxygen atoms in total. The van der Waals surface area contributed by atoms with E-state index >= 15 is 0 Å². The van der Waals surface area contributed by atoms with Crippen LogP contribution in [0.3, 0.4) is 0 Å². The SMILES string of the molecule is CC1(C)[C@@H]2C[C@H]3OB([C@@H]4CCCN4)O[C@@]3(C)[C@H]1C2. The predicted molar refractivity (Wildman–Crippen MR) is 71.1 cm³/mol. The third-order valence-electron chi connectivity index (χ3n) is 6.40. The van der Waals surface area contributed by atoms with Gasteiger partial charge in [0.15, 0.2) is 0 Å². The van der Waals surface area contributed by atoms with Crippen molar-refractivity contribution in [2.24, 2.45) is 17.3 Å². The summed E-state index contributed by atoms with van der Waals surface area (Å²) in [5, 5.41) is 3.52. The van der Waals surface area contributed by atoms with Crippen molar-refractivity contribution in [3.8, 4) is 0 Å². The molecule has 0 aromatic rings. The molecule has 0 spiro atoms. The zero-order chi connectivity index (χ0) is 12.5. The van der Waals surface area contributed by atoms with Gasteiger partial charge in [-0.1, -0.05) is 13.8 Å². The normalized spacial score (nSPS) is 53.2. The average molecular weight is 249 g/mol. The molecule has 3 saturated carbocycles. The molecule has 0 unspecified atom stereocenters. The van der Waals surface area contributed by atoms with Crippen molar-refractivity contribution in [1.29, 1.82) is 0 Å². The van der Waals surface area contributed by atoms with Gasteiger partial charge >= 0.3 is 7.12 Å². The van der Waals surface area contributed by atoms with Crippen LogP contribution in [0.25, 0.3) is 0 Å². The Morgan fingerprint density at radius 1 is 1.22 bits per heavy atom. The first-order valence-electron chi connectivity index (χ1n) is 7.58. The van der Waals surface area contributed by atoms with E-state index in [2.05, 4.69) is 26.1 Å². The smallest absolute Gasteiger partial charge is 0.404 e. The lowest BCUT2D eigenvalue weighted by atomic mass is 9.43. The molecule has 2 heterocycles. The number of hydrogen-bond acceptors (Lipinski definition) is 3. The molecule has 0 aromatic heterocycles. The van der Waals surface area contributed by atoms with Gasteiger partial charge in [-0.2, -0.15) is 0 Å². The molecule has 3 aliphatic carbocycles. The topological polar surface area (TPSA) is 30.5 Å². The summed E-state index contributed by atoms with van der Waals surface area (Å²) in [7, 11) is -0.00218. The first kappa shape index (κ1) is 11.7. The van der Waals surface area contributed by atoms with Crippen LogP contribution in [0.4, 0.5) is 0 Å². The van der Waals surface area contributed by atoms with Gasteiger partial charge in [0.2, 0.25) is 0 Å². The Balaban J connectivity index is 1.57. The van der Waals surface area contributed by atoms with Crippen LogP contribution in [0.15, 0.2) is 0 Å². The van der Waals surface area contributed by atoms with E-state index in [-0.39, 0.29) is 12.7 Å². The number of hydrogen-bond donors (Lipinski definition) is 1. The second-order valence-electron chi connectivity index (χ2n) is 7.54. The van der Waals surface area contributed by atoms with Gasteiger partial charge in [-0.25, -0.2) is 0 Å². The highest BCUT2D eigenvalue weighted by Gasteiger charge is 2.68. The molecule has 0 amide bonds. The third-order valence-corrected chi connectivity index (χ3v) is 6.40. The first-order valence-corrected chi connectivity index (χ1v) is 7.58. The summed E-state index contributed by atoms with van der Waals surface area (Å²) in [6.07, 6.45) is 5.33. The van der Waals surface area contributed by atoms with E-state index < -0.39 is 0 Å². The number of nitrogens with one attached hydrogen (secondary N) is 1. The van der Waals surface area contributed by atoms with E-state index in [0.717, 1.165) is 12.5 Å². The Bertz CT molecular complexity index is 369. The highest BCUT2D eigenvalue weighted by Crippen LogP contribution is 2.65. The van der Waals surface area contributed by atoms with Crippen LogP contribution in [0, 0.1) is 17.3 Å². The van der Waals surface area contributed by atoms with Gasteiger partial charge in [0.25, 0.3) is 0 Å². The van der Waals surface area contributed by atoms with Crippen LogP contribution >= 0.6 is 0 Å². The van der Waals surface area contributed by atoms with Gasteiger partial charge in [-0.3, -0.25) is 0 Å². The predicted octanol–water partition coefficient (Wildman–Crippen LogP) is 2.01.